The summed E-state index contributed by atoms with van der Waals surface area (Å²) >= 11 is 2.00. The highest BCUT2D eigenvalue weighted by molar-refractivity contribution is 14.1. The van der Waals surface area contributed by atoms with E-state index in [-0.39, 0.29) is 17.6 Å². The maximum Gasteiger partial charge on any atom is 0.351 e. The highest BCUT2D eigenvalue weighted by Gasteiger charge is 2.76. The summed E-state index contributed by atoms with van der Waals surface area (Å²) in [5, 5.41) is 11.5. The van der Waals surface area contributed by atoms with Crippen LogP contribution in [-0.2, 0) is 19.1 Å². The van der Waals surface area contributed by atoms with E-state index in [1.165, 1.54) is 6.07 Å². The molecular weight excluding hydrogens is 477 g/mol. The second kappa shape index (κ2) is 6.67. The molecule has 1 saturated carbocycles. The molecule has 3 atom stereocenters. The fraction of sp³-hybridized carbons (Fsp3) is 0.600. The zero-order chi connectivity index (χ0) is 21.1. The lowest BCUT2D eigenvalue weighted by atomic mass is 9.66. The lowest BCUT2D eigenvalue weighted by molar-refractivity contribution is -0.386. The molecular formula is C20H24INO6. The van der Waals surface area contributed by atoms with Crippen LogP contribution in [0, 0.1) is 30.4 Å². The number of halogens is 1. The van der Waals surface area contributed by atoms with E-state index >= 15 is 0 Å². The Morgan fingerprint density at radius 1 is 1.29 bits per heavy atom. The monoisotopic (exact) mass is 501 g/mol. The molecule has 28 heavy (non-hydrogen) atoms. The van der Waals surface area contributed by atoms with Crippen LogP contribution in [0.2, 0.25) is 0 Å². The largest absolute Gasteiger partial charge is 0.454 e. The average molecular weight is 501 g/mol. The van der Waals surface area contributed by atoms with Crippen molar-refractivity contribution in [3.63, 3.8) is 0 Å². The number of ether oxygens (including phenoxy) is 2. The Morgan fingerprint density at radius 2 is 1.93 bits per heavy atom. The molecule has 2 bridgehead atoms. The van der Waals surface area contributed by atoms with Gasteiger partial charge in [-0.15, -0.1) is 0 Å². The maximum absolute atomic E-state index is 13.3. The van der Waals surface area contributed by atoms with Crippen LogP contribution < -0.4 is 0 Å². The fourth-order valence-corrected chi connectivity index (χ4v) is 4.86. The first-order valence-electron chi connectivity index (χ1n) is 9.26. The quantitative estimate of drug-likeness (QED) is 0.254. The molecule has 0 radical (unpaired) electrons. The van der Waals surface area contributed by atoms with E-state index in [9.17, 15) is 19.7 Å². The summed E-state index contributed by atoms with van der Waals surface area (Å²) in [5.74, 6) is -1.22. The van der Waals surface area contributed by atoms with E-state index in [4.69, 9.17) is 9.47 Å². The first kappa shape index (κ1) is 21.0. The molecule has 1 aromatic carbocycles. The van der Waals surface area contributed by atoms with E-state index in [0.29, 0.717) is 18.4 Å². The van der Waals surface area contributed by atoms with Crippen LogP contribution in [-0.4, -0.2) is 22.5 Å². The predicted octanol–water partition coefficient (Wildman–Crippen LogP) is 4.56. The molecule has 1 aliphatic heterocycles. The van der Waals surface area contributed by atoms with E-state index in [2.05, 4.69) is 0 Å². The van der Waals surface area contributed by atoms with Crippen molar-refractivity contribution in [2.75, 3.05) is 0 Å². The van der Waals surface area contributed by atoms with Gasteiger partial charge in [-0.3, -0.25) is 14.9 Å². The summed E-state index contributed by atoms with van der Waals surface area (Å²) < 4.78 is 12.2. The number of carbonyl (C=O) groups excluding carboxylic acids is 2. The third-order valence-corrected chi connectivity index (χ3v) is 7.42. The minimum absolute atomic E-state index is 0.0881. The number of esters is 2. The van der Waals surface area contributed by atoms with Crippen LogP contribution in [0.3, 0.4) is 0 Å². The molecule has 3 rings (SSSR count). The topological polar surface area (TPSA) is 95.7 Å². The van der Waals surface area contributed by atoms with Crippen molar-refractivity contribution in [3.05, 3.63) is 37.4 Å². The second-order valence-corrected chi connectivity index (χ2v) is 9.95. The van der Waals surface area contributed by atoms with Crippen LogP contribution >= 0.6 is 22.6 Å². The Bertz CT molecular complexity index is 866. The van der Waals surface area contributed by atoms with Crippen molar-refractivity contribution in [2.24, 2.45) is 16.7 Å². The SMILES string of the molecule is CC(C)[C@H](OC(=O)[C@@]12CC[C@@](C)(C(=O)O1)C2(C)C)c1ccc(I)cc1[N+](=O)[O-]. The molecule has 1 saturated heterocycles. The molecule has 2 aliphatic rings. The Balaban J connectivity index is 1.99. The lowest BCUT2D eigenvalue weighted by Crippen LogP contribution is -2.49. The number of nitrogens with zero attached hydrogens (tertiary/aromatic N) is 1. The van der Waals surface area contributed by atoms with Crippen molar-refractivity contribution >= 4 is 40.2 Å². The standard InChI is InChI=1S/C20H24INO6/c1-11(2)15(13-7-6-12(21)10-14(13)22(25)26)27-17(24)20-9-8-19(5,16(23)28-20)18(20,3)4/h6-7,10-11,15H,8-9H2,1-5H3/t15-,19-,20+/m0/s1. The predicted molar refractivity (Wildman–Crippen MR) is 109 cm³/mol. The first-order valence-corrected chi connectivity index (χ1v) is 10.3. The number of nitro groups is 1. The van der Waals surface area contributed by atoms with Crippen LogP contribution in [0.15, 0.2) is 18.2 Å². The first-order chi connectivity index (χ1) is 12.9. The molecule has 0 spiro atoms. The number of carbonyl (C=O) groups is 2. The number of fused-ring (bicyclic) bond motifs is 2. The Labute approximate surface area is 177 Å². The Kier molecular flexibility index (Phi) is 5.01. The highest BCUT2D eigenvalue weighted by Crippen LogP contribution is 2.66. The molecule has 152 valence electrons. The van der Waals surface area contributed by atoms with E-state index in [0.717, 1.165) is 3.57 Å². The summed E-state index contributed by atoms with van der Waals surface area (Å²) in [6, 6.07) is 4.83. The van der Waals surface area contributed by atoms with Gasteiger partial charge in [-0.25, -0.2) is 4.79 Å². The molecule has 0 unspecified atom stereocenters. The Morgan fingerprint density at radius 3 is 2.39 bits per heavy atom. The molecule has 1 aromatic rings. The number of hydrogen-bond acceptors (Lipinski definition) is 6. The lowest BCUT2D eigenvalue weighted by Gasteiger charge is -2.36. The molecule has 0 aromatic heterocycles. The van der Waals surface area contributed by atoms with Crippen LogP contribution in [0.25, 0.3) is 0 Å². The van der Waals surface area contributed by atoms with E-state index in [1.54, 1.807) is 12.1 Å². The third-order valence-electron chi connectivity index (χ3n) is 6.75. The van der Waals surface area contributed by atoms with Gasteiger partial charge < -0.3 is 9.47 Å². The molecule has 1 aliphatic carbocycles. The molecule has 0 amide bonds. The van der Waals surface area contributed by atoms with Gasteiger partial charge in [0, 0.05) is 15.1 Å². The van der Waals surface area contributed by atoms with Crippen LogP contribution in [0.5, 0.6) is 0 Å². The average Bonchev–Trinajstić information content (AvgIpc) is 2.89. The van der Waals surface area contributed by atoms with Gasteiger partial charge in [0.1, 0.15) is 6.10 Å². The minimum atomic E-state index is -1.36. The summed E-state index contributed by atoms with van der Waals surface area (Å²) in [5.41, 5.74) is -2.57. The van der Waals surface area contributed by atoms with Crippen LogP contribution in [0.4, 0.5) is 5.69 Å². The van der Waals surface area contributed by atoms with Gasteiger partial charge in [0.2, 0.25) is 5.60 Å². The fourth-order valence-electron chi connectivity index (χ4n) is 4.39. The molecule has 2 fully saturated rings. The number of hydrogen-bond donors (Lipinski definition) is 0. The number of rotatable bonds is 5. The minimum Gasteiger partial charge on any atom is -0.454 e. The van der Waals surface area contributed by atoms with Crippen LogP contribution in [0.1, 0.15) is 59.1 Å². The summed E-state index contributed by atoms with van der Waals surface area (Å²) in [7, 11) is 0. The van der Waals surface area contributed by atoms with Crippen molar-refractivity contribution in [1.82, 2.24) is 0 Å². The van der Waals surface area contributed by atoms with Gasteiger partial charge in [-0.2, -0.15) is 0 Å². The molecule has 7 nitrogen and oxygen atoms in total. The van der Waals surface area contributed by atoms with Gasteiger partial charge in [0.05, 0.1) is 15.9 Å². The number of nitro benzene ring substituents is 1. The van der Waals surface area contributed by atoms with Crippen molar-refractivity contribution in [2.45, 2.75) is 59.2 Å². The highest BCUT2D eigenvalue weighted by atomic mass is 127. The second-order valence-electron chi connectivity index (χ2n) is 8.70. The zero-order valence-corrected chi connectivity index (χ0v) is 18.7. The third kappa shape index (κ3) is 2.74. The summed E-state index contributed by atoms with van der Waals surface area (Å²) in [6.45, 7) is 9.19. The van der Waals surface area contributed by atoms with E-state index in [1.807, 2.05) is 57.2 Å². The van der Waals surface area contributed by atoms with Gasteiger partial charge >= 0.3 is 11.9 Å². The molecule has 0 N–H and O–H groups in total. The number of benzene rings is 1. The maximum atomic E-state index is 13.3. The van der Waals surface area contributed by atoms with Crippen molar-refractivity contribution < 1.29 is 24.0 Å². The zero-order valence-electron chi connectivity index (χ0n) is 16.6. The van der Waals surface area contributed by atoms with Crippen molar-refractivity contribution in [1.29, 1.82) is 0 Å². The van der Waals surface area contributed by atoms with Crippen molar-refractivity contribution in [3.8, 4) is 0 Å². The molecule has 8 heteroatoms. The Hall–Kier alpha value is -1.71. The van der Waals surface area contributed by atoms with Gasteiger partial charge in [-0.05, 0) is 60.4 Å². The summed E-state index contributed by atoms with van der Waals surface area (Å²) in [6.07, 6.45) is 0.117. The summed E-state index contributed by atoms with van der Waals surface area (Å²) in [4.78, 5) is 36.8. The molecule has 1 heterocycles. The smallest absolute Gasteiger partial charge is 0.351 e. The van der Waals surface area contributed by atoms with Gasteiger partial charge in [0.25, 0.3) is 5.69 Å². The normalized spacial score (nSPS) is 28.9. The van der Waals surface area contributed by atoms with Gasteiger partial charge in [-0.1, -0.05) is 27.7 Å². The van der Waals surface area contributed by atoms with Gasteiger partial charge in [0.15, 0.2) is 0 Å². The van der Waals surface area contributed by atoms with E-state index < -0.39 is 33.4 Å².